The molecule has 5 heteroatoms. The van der Waals surface area contributed by atoms with Crippen LogP contribution in [0.25, 0.3) is 16.7 Å². The van der Waals surface area contributed by atoms with E-state index in [4.69, 9.17) is 12.2 Å². The molecule has 0 amide bonds. The maximum Gasteiger partial charge on any atom is 0.182 e. The fraction of sp³-hybridized carbons (Fsp3) is 0.133. The predicted molar refractivity (Wildman–Crippen MR) is 90.5 cm³/mol. The molecule has 1 aromatic heterocycles. The first-order valence-corrected chi connectivity index (χ1v) is 7.45. The van der Waals surface area contributed by atoms with Crippen LogP contribution in [0, 0.1) is 4.77 Å². The number of nitrogens with zero attached hydrogens (tertiary/aromatic N) is 2. The van der Waals surface area contributed by atoms with Gasteiger partial charge in [0.15, 0.2) is 4.77 Å². The first-order valence-electron chi connectivity index (χ1n) is 6.25. The molecule has 0 bridgehead atoms. The highest BCUT2D eigenvalue weighted by Gasteiger charge is 2.11. The number of nitrogens with one attached hydrogen (secondary N) is 1. The Balaban J connectivity index is 2.38. The summed E-state index contributed by atoms with van der Waals surface area (Å²) in [6, 6.07) is 14.4. The molecule has 0 aliphatic carbocycles. The zero-order valence-electron chi connectivity index (χ0n) is 11.2. The summed E-state index contributed by atoms with van der Waals surface area (Å²) in [6.07, 6.45) is 0. The van der Waals surface area contributed by atoms with E-state index in [0.717, 1.165) is 26.9 Å². The summed E-state index contributed by atoms with van der Waals surface area (Å²) in [5.74, 6) is 0. The minimum atomic E-state index is 0.701. The largest absolute Gasteiger partial charge is 0.376 e. The Labute approximate surface area is 131 Å². The van der Waals surface area contributed by atoms with E-state index in [2.05, 4.69) is 48.6 Å². The van der Waals surface area contributed by atoms with E-state index in [9.17, 15) is 0 Å². The van der Waals surface area contributed by atoms with E-state index in [0.29, 0.717) is 4.77 Å². The highest BCUT2D eigenvalue weighted by molar-refractivity contribution is 9.10. The van der Waals surface area contributed by atoms with E-state index in [-0.39, 0.29) is 0 Å². The Morgan fingerprint density at radius 1 is 1.15 bits per heavy atom. The Morgan fingerprint density at radius 3 is 2.65 bits per heavy atom. The molecule has 3 nitrogen and oxygen atoms in total. The lowest BCUT2D eigenvalue weighted by atomic mass is 10.2. The van der Waals surface area contributed by atoms with Gasteiger partial charge < -0.3 is 9.88 Å². The van der Waals surface area contributed by atoms with Crippen LogP contribution in [0.5, 0.6) is 0 Å². The molecule has 102 valence electrons. The summed E-state index contributed by atoms with van der Waals surface area (Å²) in [5, 5.41) is 0. The maximum atomic E-state index is 5.50. The minimum absolute atomic E-state index is 0.701. The molecule has 2 aromatic carbocycles. The zero-order valence-corrected chi connectivity index (χ0v) is 13.6. The van der Waals surface area contributed by atoms with Gasteiger partial charge in [0, 0.05) is 18.6 Å². The quantitative estimate of drug-likeness (QED) is 0.689. The number of H-pyrrole nitrogens is 1. The topological polar surface area (TPSA) is 24.0 Å². The smallest absolute Gasteiger partial charge is 0.182 e. The Hall–Kier alpha value is -1.59. The second-order valence-corrected chi connectivity index (χ2v) is 6.11. The van der Waals surface area contributed by atoms with Gasteiger partial charge in [0.1, 0.15) is 0 Å². The van der Waals surface area contributed by atoms with Gasteiger partial charge in [-0.05, 0) is 42.5 Å². The van der Waals surface area contributed by atoms with Crippen LogP contribution in [-0.4, -0.2) is 23.6 Å². The van der Waals surface area contributed by atoms with Crippen molar-refractivity contribution in [2.24, 2.45) is 0 Å². The van der Waals surface area contributed by atoms with Crippen molar-refractivity contribution in [3.63, 3.8) is 0 Å². The zero-order chi connectivity index (χ0) is 14.3. The molecular weight excluding hydrogens is 334 g/mol. The van der Waals surface area contributed by atoms with E-state index < -0.39 is 0 Å². The lowest BCUT2D eigenvalue weighted by Crippen LogP contribution is -2.12. The number of aromatic nitrogens is 2. The molecule has 0 radical (unpaired) electrons. The molecule has 0 saturated heterocycles. The fourth-order valence-corrected chi connectivity index (χ4v) is 3.00. The molecule has 0 saturated carbocycles. The second-order valence-electron chi connectivity index (χ2n) is 4.81. The van der Waals surface area contributed by atoms with Crippen molar-refractivity contribution in [2.75, 3.05) is 19.0 Å². The van der Waals surface area contributed by atoms with E-state index in [1.54, 1.807) is 0 Å². The Bertz CT molecular complexity index is 832. The van der Waals surface area contributed by atoms with Gasteiger partial charge in [-0.1, -0.05) is 28.1 Å². The predicted octanol–water partition coefficient (Wildman–Crippen LogP) is 4.52. The number of imidazole rings is 1. The van der Waals surface area contributed by atoms with Gasteiger partial charge in [-0.25, -0.2) is 0 Å². The molecule has 0 atom stereocenters. The van der Waals surface area contributed by atoms with Crippen LogP contribution in [0.3, 0.4) is 0 Å². The summed E-state index contributed by atoms with van der Waals surface area (Å²) < 4.78 is 3.81. The summed E-state index contributed by atoms with van der Waals surface area (Å²) in [6.45, 7) is 0. The number of benzene rings is 2. The van der Waals surface area contributed by atoms with E-state index in [1.807, 2.05) is 38.4 Å². The summed E-state index contributed by atoms with van der Waals surface area (Å²) >= 11 is 9.02. The summed E-state index contributed by atoms with van der Waals surface area (Å²) in [5.41, 5.74) is 4.31. The second kappa shape index (κ2) is 5.07. The number of aromatic amines is 1. The number of hydrogen-bond acceptors (Lipinski definition) is 2. The van der Waals surface area contributed by atoms with E-state index in [1.165, 1.54) is 0 Å². The van der Waals surface area contributed by atoms with Gasteiger partial charge in [0.2, 0.25) is 0 Å². The average molecular weight is 348 g/mol. The molecule has 0 unspecified atom stereocenters. The lowest BCUT2D eigenvalue weighted by Gasteiger charge is -2.18. The third-order valence-electron chi connectivity index (χ3n) is 3.25. The maximum absolute atomic E-state index is 5.50. The molecular formula is C15H14BrN3S. The van der Waals surface area contributed by atoms with Crippen molar-refractivity contribution in [1.82, 2.24) is 9.55 Å². The molecule has 20 heavy (non-hydrogen) atoms. The van der Waals surface area contributed by atoms with Gasteiger partial charge in [0.25, 0.3) is 0 Å². The van der Waals surface area contributed by atoms with Crippen LogP contribution < -0.4 is 4.90 Å². The van der Waals surface area contributed by atoms with Gasteiger partial charge in [-0.3, -0.25) is 4.57 Å². The number of halogens is 1. The number of anilines is 1. The van der Waals surface area contributed by atoms with Gasteiger partial charge >= 0.3 is 0 Å². The van der Waals surface area contributed by atoms with Crippen LogP contribution in [0.15, 0.2) is 46.9 Å². The molecule has 0 fully saturated rings. The van der Waals surface area contributed by atoms with Gasteiger partial charge in [-0.15, -0.1) is 0 Å². The average Bonchev–Trinajstić information content (AvgIpc) is 2.74. The van der Waals surface area contributed by atoms with Crippen molar-refractivity contribution in [3.8, 4) is 5.69 Å². The highest BCUT2D eigenvalue weighted by Crippen LogP contribution is 2.28. The van der Waals surface area contributed by atoms with E-state index >= 15 is 0 Å². The van der Waals surface area contributed by atoms with Gasteiger partial charge in [-0.2, -0.15) is 0 Å². The summed E-state index contributed by atoms with van der Waals surface area (Å²) in [4.78, 5) is 5.35. The molecule has 0 spiro atoms. The van der Waals surface area contributed by atoms with Crippen LogP contribution >= 0.6 is 28.1 Å². The molecule has 3 aromatic rings. The van der Waals surface area contributed by atoms with Crippen molar-refractivity contribution >= 4 is 44.9 Å². The molecule has 0 aliphatic rings. The number of para-hydroxylation sites is 2. The Morgan fingerprint density at radius 2 is 1.90 bits per heavy atom. The standard InChI is InChI=1S/C15H14BrN3S/c1-18(2)12-5-3-4-6-13(12)19-14-9-10(16)7-8-11(14)17-15(19)20/h3-9H,1-2H3,(H,17,20). The number of rotatable bonds is 2. The third-order valence-corrected chi connectivity index (χ3v) is 4.03. The first-order chi connectivity index (χ1) is 9.58. The van der Waals surface area contributed by atoms with Crippen LogP contribution in [-0.2, 0) is 0 Å². The monoisotopic (exact) mass is 347 g/mol. The minimum Gasteiger partial charge on any atom is -0.376 e. The van der Waals surface area contributed by atoms with Crippen molar-refractivity contribution < 1.29 is 0 Å². The van der Waals surface area contributed by atoms with Crippen molar-refractivity contribution in [2.45, 2.75) is 0 Å². The van der Waals surface area contributed by atoms with Crippen LogP contribution in [0.1, 0.15) is 0 Å². The molecule has 1 heterocycles. The fourth-order valence-electron chi connectivity index (χ4n) is 2.35. The SMILES string of the molecule is CN(C)c1ccccc1-n1c(=S)[nH]c2ccc(Br)cc21. The number of fused-ring (bicyclic) bond motifs is 1. The highest BCUT2D eigenvalue weighted by atomic mass is 79.9. The van der Waals surface area contributed by atoms with Crippen molar-refractivity contribution in [1.29, 1.82) is 0 Å². The van der Waals surface area contributed by atoms with Crippen molar-refractivity contribution in [3.05, 3.63) is 51.7 Å². The van der Waals surface area contributed by atoms with Crippen LogP contribution in [0.2, 0.25) is 0 Å². The van der Waals surface area contributed by atoms with Crippen LogP contribution in [0.4, 0.5) is 5.69 Å². The first kappa shape index (κ1) is 13.4. The third kappa shape index (κ3) is 2.17. The Kier molecular flexibility index (Phi) is 3.40. The lowest BCUT2D eigenvalue weighted by molar-refractivity contribution is 1.03. The summed E-state index contributed by atoms with van der Waals surface area (Å²) in [7, 11) is 4.07. The molecule has 3 rings (SSSR count). The van der Waals surface area contributed by atoms with Gasteiger partial charge in [0.05, 0.1) is 22.4 Å². The number of hydrogen-bond donors (Lipinski definition) is 1. The molecule has 1 N–H and O–H groups in total. The molecule has 0 aliphatic heterocycles. The normalized spacial score (nSPS) is 10.9.